The van der Waals surface area contributed by atoms with Gasteiger partial charge < -0.3 is 23.6 Å². The average molecular weight is 430 g/mol. The van der Waals surface area contributed by atoms with Gasteiger partial charge in [-0.05, 0) is 36.4 Å². The second-order valence-corrected chi connectivity index (χ2v) is 7.16. The summed E-state index contributed by atoms with van der Waals surface area (Å²) in [6, 6.07) is 10.6. The molecular formula is C21H20ClN3O5. The summed E-state index contributed by atoms with van der Waals surface area (Å²) in [6.45, 7) is 0.426. The van der Waals surface area contributed by atoms with Gasteiger partial charge in [0.25, 0.3) is 0 Å². The number of benzene rings is 2. The molecule has 0 spiro atoms. The fourth-order valence-electron chi connectivity index (χ4n) is 3.44. The number of methoxy groups -OCH3 is 3. The van der Waals surface area contributed by atoms with E-state index >= 15 is 0 Å². The number of hydrogen-bond acceptors (Lipinski definition) is 7. The standard InChI is InChI=1S/C21H20ClN3O5/c1-27-16-7-5-14(10-15(16)22)25-11-13(9-19(25)26)21-23-20(24-30-21)12-4-6-17(28-2)18(8-12)29-3/h4-8,10,13H,9,11H2,1-3H3. The van der Waals surface area contributed by atoms with Gasteiger partial charge in [0.2, 0.25) is 17.6 Å². The van der Waals surface area contributed by atoms with Gasteiger partial charge in [-0.25, -0.2) is 0 Å². The van der Waals surface area contributed by atoms with Crippen molar-refractivity contribution < 1.29 is 23.5 Å². The number of aromatic nitrogens is 2. The highest BCUT2D eigenvalue weighted by atomic mass is 35.5. The molecule has 0 saturated carbocycles. The minimum Gasteiger partial charge on any atom is -0.495 e. The number of nitrogens with zero attached hydrogens (tertiary/aromatic N) is 3. The van der Waals surface area contributed by atoms with Gasteiger partial charge in [-0.1, -0.05) is 16.8 Å². The van der Waals surface area contributed by atoms with Crippen molar-refractivity contribution in [2.75, 3.05) is 32.8 Å². The summed E-state index contributed by atoms with van der Waals surface area (Å²) < 4.78 is 21.2. The number of rotatable bonds is 6. The van der Waals surface area contributed by atoms with E-state index in [-0.39, 0.29) is 18.2 Å². The Morgan fingerprint density at radius 3 is 2.47 bits per heavy atom. The number of hydrogen-bond donors (Lipinski definition) is 0. The quantitative estimate of drug-likeness (QED) is 0.586. The lowest BCUT2D eigenvalue weighted by molar-refractivity contribution is -0.117. The topological polar surface area (TPSA) is 86.9 Å². The molecule has 4 rings (SSSR count). The van der Waals surface area contributed by atoms with E-state index in [1.807, 2.05) is 6.07 Å². The van der Waals surface area contributed by atoms with Crippen molar-refractivity contribution >= 4 is 23.2 Å². The number of halogens is 1. The van der Waals surface area contributed by atoms with Crippen LogP contribution in [-0.2, 0) is 4.79 Å². The molecule has 0 bridgehead atoms. The minimum atomic E-state index is -0.209. The van der Waals surface area contributed by atoms with Crippen LogP contribution in [0.2, 0.25) is 5.02 Å². The Kier molecular flexibility index (Phi) is 5.50. The molecule has 30 heavy (non-hydrogen) atoms. The van der Waals surface area contributed by atoms with E-state index < -0.39 is 0 Å². The summed E-state index contributed by atoms with van der Waals surface area (Å²) in [5, 5.41) is 4.52. The molecule has 3 aromatic rings. The molecule has 9 heteroatoms. The van der Waals surface area contributed by atoms with Crippen LogP contribution in [0.3, 0.4) is 0 Å². The second-order valence-electron chi connectivity index (χ2n) is 6.75. The van der Waals surface area contributed by atoms with Gasteiger partial charge in [-0.2, -0.15) is 4.98 Å². The Labute approximate surface area is 178 Å². The van der Waals surface area contributed by atoms with E-state index in [4.69, 9.17) is 30.3 Å². The molecule has 0 N–H and O–H groups in total. The SMILES string of the molecule is COc1ccc(N2CC(c3nc(-c4ccc(OC)c(OC)c4)no3)CC2=O)cc1Cl. The summed E-state index contributed by atoms with van der Waals surface area (Å²) >= 11 is 6.20. The third-order valence-electron chi connectivity index (χ3n) is 5.00. The average Bonchev–Trinajstić information content (AvgIpc) is 3.40. The lowest BCUT2D eigenvalue weighted by atomic mass is 10.1. The fraction of sp³-hybridized carbons (Fsp3) is 0.286. The van der Waals surface area contributed by atoms with Gasteiger partial charge >= 0.3 is 0 Å². The van der Waals surface area contributed by atoms with E-state index in [9.17, 15) is 4.79 Å². The van der Waals surface area contributed by atoms with Crippen LogP contribution in [0, 0.1) is 0 Å². The third-order valence-corrected chi connectivity index (χ3v) is 5.30. The first-order chi connectivity index (χ1) is 14.5. The molecular weight excluding hydrogens is 410 g/mol. The summed E-state index contributed by atoms with van der Waals surface area (Å²) in [7, 11) is 4.68. The molecule has 1 aliphatic rings. The molecule has 1 unspecified atom stereocenters. The molecule has 2 aromatic carbocycles. The zero-order valence-electron chi connectivity index (χ0n) is 16.7. The lowest BCUT2D eigenvalue weighted by Crippen LogP contribution is -2.24. The van der Waals surface area contributed by atoms with Crippen molar-refractivity contribution in [3.05, 3.63) is 47.3 Å². The second kappa shape index (κ2) is 8.23. The summed E-state index contributed by atoms with van der Waals surface area (Å²) in [5.41, 5.74) is 1.43. The molecule has 0 radical (unpaired) electrons. The van der Waals surface area contributed by atoms with Crippen LogP contribution < -0.4 is 19.1 Å². The van der Waals surface area contributed by atoms with Crippen LogP contribution in [-0.4, -0.2) is 43.9 Å². The van der Waals surface area contributed by atoms with Crippen LogP contribution in [0.4, 0.5) is 5.69 Å². The van der Waals surface area contributed by atoms with Crippen LogP contribution in [0.15, 0.2) is 40.9 Å². The van der Waals surface area contributed by atoms with Crippen LogP contribution in [0.5, 0.6) is 17.2 Å². The molecule has 1 aromatic heterocycles. The number of ether oxygens (including phenoxy) is 3. The maximum atomic E-state index is 12.6. The van der Waals surface area contributed by atoms with E-state index in [1.165, 1.54) is 0 Å². The number of carbonyl (C=O) groups excluding carboxylic acids is 1. The molecule has 0 aliphatic carbocycles. The van der Waals surface area contributed by atoms with Crippen molar-refractivity contribution in [1.29, 1.82) is 0 Å². The highest BCUT2D eigenvalue weighted by molar-refractivity contribution is 6.32. The molecule has 8 nitrogen and oxygen atoms in total. The molecule has 1 fully saturated rings. The highest BCUT2D eigenvalue weighted by Gasteiger charge is 2.35. The smallest absolute Gasteiger partial charge is 0.232 e. The first-order valence-electron chi connectivity index (χ1n) is 9.24. The maximum absolute atomic E-state index is 12.6. The van der Waals surface area contributed by atoms with E-state index in [1.54, 1.807) is 56.6 Å². The summed E-state index contributed by atoms with van der Waals surface area (Å²) in [6.07, 6.45) is 0.275. The lowest BCUT2D eigenvalue weighted by Gasteiger charge is -2.17. The van der Waals surface area contributed by atoms with Crippen LogP contribution >= 0.6 is 11.6 Å². The normalized spacial score (nSPS) is 16.1. The minimum absolute atomic E-state index is 0.0351. The van der Waals surface area contributed by atoms with Gasteiger partial charge in [0.15, 0.2) is 11.5 Å². The van der Waals surface area contributed by atoms with Crippen molar-refractivity contribution in [2.45, 2.75) is 12.3 Å². The largest absolute Gasteiger partial charge is 0.495 e. The van der Waals surface area contributed by atoms with Crippen LogP contribution in [0.1, 0.15) is 18.2 Å². The Hall–Kier alpha value is -3.26. The number of amides is 1. The first kappa shape index (κ1) is 20.0. The predicted molar refractivity (Wildman–Crippen MR) is 111 cm³/mol. The molecule has 1 aliphatic heterocycles. The number of anilines is 1. The summed E-state index contributed by atoms with van der Waals surface area (Å²) in [5.74, 6) is 2.33. The molecule has 2 heterocycles. The Morgan fingerprint density at radius 2 is 1.77 bits per heavy atom. The van der Waals surface area contributed by atoms with Gasteiger partial charge in [0.1, 0.15) is 5.75 Å². The Bertz CT molecular complexity index is 1080. The van der Waals surface area contributed by atoms with E-state index in [2.05, 4.69) is 10.1 Å². The van der Waals surface area contributed by atoms with Gasteiger partial charge in [0, 0.05) is 24.2 Å². The molecule has 1 saturated heterocycles. The Morgan fingerprint density at radius 1 is 1.03 bits per heavy atom. The zero-order valence-corrected chi connectivity index (χ0v) is 17.5. The first-order valence-corrected chi connectivity index (χ1v) is 9.61. The van der Waals surface area contributed by atoms with Gasteiger partial charge in [-0.3, -0.25) is 4.79 Å². The maximum Gasteiger partial charge on any atom is 0.232 e. The number of carbonyl (C=O) groups is 1. The van der Waals surface area contributed by atoms with Gasteiger partial charge in [-0.15, -0.1) is 0 Å². The molecule has 1 atom stereocenters. The molecule has 156 valence electrons. The third kappa shape index (κ3) is 3.66. The monoisotopic (exact) mass is 429 g/mol. The molecule has 1 amide bonds. The summed E-state index contributed by atoms with van der Waals surface area (Å²) in [4.78, 5) is 18.8. The predicted octanol–water partition coefficient (Wildman–Crippen LogP) is 3.94. The van der Waals surface area contributed by atoms with Crippen molar-refractivity contribution in [3.8, 4) is 28.6 Å². The fourth-order valence-corrected chi connectivity index (χ4v) is 3.69. The van der Waals surface area contributed by atoms with Crippen molar-refractivity contribution in [3.63, 3.8) is 0 Å². The highest BCUT2D eigenvalue weighted by Crippen LogP contribution is 2.36. The Balaban J connectivity index is 1.55. The van der Waals surface area contributed by atoms with E-state index in [0.29, 0.717) is 46.2 Å². The van der Waals surface area contributed by atoms with Gasteiger partial charge in [0.05, 0.1) is 32.3 Å². The van der Waals surface area contributed by atoms with Crippen molar-refractivity contribution in [1.82, 2.24) is 10.1 Å². The van der Waals surface area contributed by atoms with E-state index in [0.717, 1.165) is 5.56 Å². The van der Waals surface area contributed by atoms with Crippen LogP contribution in [0.25, 0.3) is 11.4 Å². The van der Waals surface area contributed by atoms with Crippen molar-refractivity contribution in [2.24, 2.45) is 0 Å². The zero-order chi connectivity index (χ0) is 21.3.